The predicted molar refractivity (Wildman–Crippen MR) is 65.8 cm³/mol. The van der Waals surface area contributed by atoms with Crippen LogP contribution in [0.15, 0.2) is 12.7 Å². The summed E-state index contributed by atoms with van der Waals surface area (Å²) in [4.78, 5) is 15.6. The Kier molecular flexibility index (Phi) is 2.64. The standard InChI is InChI=1S/C11H16N6/c1-7-8(3-2-4-12-7)17-11-9-10(14-5-13-9)15-6-16-11/h5-8,12H,2-4H2,1H3,(H2,13,14,15,16,17). The molecule has 0 aliphatic carbocycles. The van der Waals surface area contributed by atoms with Gasteiger partial charge >= 0.3 is 0 Å². The Morgan fingerprint density at radius 3 is 3.18 bits per heavy atom. The Bertz CT molecular complexity index is 507. The summed E-state index contributed by atoms with van der Waals surface area (Å²) < 4.78 is 0. The Hall–Kier alpha value is -1.69. The molecule has 6 heteroatoms. The van der Waals surface area contributed by atoms with E-state index in [1.165, 1.54) is 6.42 Å². The van der Waals surface area contributed by atoms with E-state index < -0.39 is 0 Å². The number of piperidine rings is 1. The average molecular weight is 232 g/mol. The number of hydrogen-bond donors (Lipinski definition) is 3. The molecule has 3 N–H and O–H groups in total. The molecular formula is C11H16N6. The third-order valence-corrected chi connectivity index (χ3v) is 3.31. The zero-order valence-electron chi connectivity index (χ0n) is 9.77. The van der Waals surface area contributed by atoms with Crippen molar-refractivity contribution in [3.05, 3.63) is 12.7 Å². The molecule has 1 aliphatic rings. The lowest BCUT2D eigenvalue weighted by Gasteiger charge is -2.31. The van der Waals surface area contributed by atoms with Gasteiger partial charge in [-0.2, -0.15) is 0 Å². The Labute approximate surface area is 99.3 Å². The van der Waals surface area contributed by atoms with E-state index in [1.54, 1.807) is 12.7 Å². The van der Waals surface area contributed by atoms with Crippen LogP contribution in [0.2, 0.25) is 0 Å². The van der Waals surface area contributed by atoms with E-state index in [9.17, 15) is 0 Å². The van der Waals surface area contributed by atoms with Crippen LogP contribution in [0.25, 0.3) is 11.2 Å². The van der Waals surface area contributed by atoms with Gasteiger partial charge in [0.2, 0.25) is 0 Å². The van der Waals surface area contributed by atoms with Crippen molar-refractivity contribution >= 4 is 17.0 Å². The van der Waals surface area contributed by atoms with E-state index in [1.807, 2.05) is 0 Å². The summed E-state index contributed by atoms with van der Waals surface area (Å²) in [5.74, 6) is 0.841. The zero-order valence-corrected chi connectivity index (χ0v) is 9.77. The molecule has 0 bridgehead atoms. The van der Waals surface area contributed by atoms with Crippen LogP contribution in [0, 0.1) is 0 Å². The fourth-order valence-corrected chi connectivity index (χ4v) is 2.29. The van der Waals surface area contributed by atoms with Crippen molar-refractivity contribution in [2.24, 2.45) is 0 Å². The molecule has 90 valence electrons. The van der Waals surface area contributed by atoms with Crippen LogP contribution < -0.4 is 10.6 Å². The van der Waals surface area contributed by atoms with Crippen molar-refractivity contribution < 1.29 is 0 Å². The van der Waals surface area contributed by atoms with Gasteiger partial charge < -0.3 is 15.6 Å². The van der Waals surface area contributed by atoms with Gasteiger partial charge in [0.15, 0.2) is 11.5 Å². The van der Waals surface area contributed by atoms with E-state index in [2.05, 4.69) is 37.5 Å². The molecule has 1 saturated heterocycles. The number of aromatic nitrogens is 4. The summed E-state index contributed by atoms with van der Waals surface area (Å²) in [6, 6.07) is 0.863. The van der Waals surface area contributed by atoms with Crippen molar-refractivity contribution in [2.75, 3.05) is 11.9 Å². The molecule has 17 heavy (non-hydrogen) atoms. The summed E-state index contributed by atoms with van der Waals surface area (Å²) in [5.41, 5.74) is 1.59. The van der Waals surface area contributed by atoms with Gasteiger partial charge in [0.25, 0.3) is 0 Å². The molecule has 2 aromatic rings. The van der Waals surface area contributed by atoms with E-state index >= 15 is 0 Å². The van der Waals surface area contributed by atoms with E-state index in [-0.39, 0.29) is 0 Å². The molecule has 0 amide bonds. The Morgan fingerprint density at radius 2 is 2.29 bits per heavy atom. The first-order valence-corrected chi connectivity index (χ1v) is 5.98. The summed E-state index contributed by atoms with van der Waals surface area (Å²) >= 11 is 0. The van der Waals surface area contributed by atoms with Crippen LogP contribution in [0.4, 0.5) is 5.82 Å². The van der Waals surface area contributed by atoms with Gasteiger partial charge in [-0.3, -0.25) is 0 Å². The SMILES string of the molecule is CC1NCCCC1Nc1ncnc2nc[nH]c12. The summed E-state index contributed by atoms with van der Waals surface area (Å²) in [7, 11) is 0. The first-order valence-electron chi connectivity index (χ1n) is 5.98. The van der Waals surface area contributed by atoms with Crippen LogP contribution in [-0.4, -0.2) is 38.6 Å². The number of hydrogen-bond acceptors (Lipinski definition) is 5. The second-order valence-electron chi connectivity index (χ2n) is 4.46. The quantitative estimate of drug-likeness (QED) is 0.717. The number of fused-ring (bicyclic) bond motifs is 1. The topological polar surface area (TPSA) is 78.5 Å². The molecule has 0 spiro atoms. The zero-order chi connectivity index (χ0) is 11.7. The van der Waals surface area contributed by atoms with Crippen molar-refractivity contribution in [3.8, 4) is 0 Å². The number of imidazole rings is 1. The molecule has 1 fully saturated rings. The second kappa shape index (κ2) is 4.29. The first kappa shape index (κ1) is 10.5. The highest BCUT2D eigenvalue weighted by atomic mass is 15.1. The maximum atomic E-state index is 4.29. The largest absolute Gasteiger partial charge is 0.364 e. The molecule has 1 aliphatic heterocycles. The second-order valence-corrected chi connectivity index (χ2v) is 4.46. The van der Waals surface area contributed by atoms with Gasteiger partial charge in [0, 0.05) is 12.1 Å². The van der Waals surface area contributed by atoms with Gasteiger partial charge in [-0.15, -0.1) is 0 Å². The van der Waals surface area contributed by atoms with Crippen LogP contribution in [0.1, 0.15) is 19.8 Å². The third-order valence-electron chi connectivity index (χ3n) is 3.31. The predicted octanol–water partition coefficient (Wildman–Crippen LogP) is 0.905. The van der Waals surface area contributed by atoms with Crippen molar-refractivity contribution in [3.63, 3.8) is 0 Å². The minimum Gasteiger partial charge on any atom is -0.364 e. The Morgan fingerprint density at radius 1 is 1.35 bits per heavy atom. The molecule has 3 rings (SSSR count). The van der Waals surface area contributed by atoms with Crippen LogP contribution in [-0.2, 0) is 0 Å². The maximum absolute atomic E-state index is 4.29. The maximum Gasteiger partial charge on any atom is 0.182 e. The van der Waals surface area contributed by atoms with Crippen molar-refractivity contribution in [1.82, 2.24) is 25.3 Å². The fraction of sp³-hybridized carbons (Fsp3) is 0.545. The number of aromatic amines is 1. The summed E-state index contributed by atoms with van der Waals surface area (Å²) in [5, 5.41) is 6.94. The summed E-state index contributed by atoms with van der Waals surface area (Å²) in [6.45, 7) is 3.30. The van der Waals surface area contributed by atoms with Crippen LogP contribution >= 0.6 is 0 Å². The number of anilines is 1. The van der Waals surface area contributed by atoms with Crippen LogP contribution in [0.3, 0.4) is 0 Å². The molecule has 2 aromatic heterocycles. The first-order chi connectivity index (χ1) is 8.34. The van der Waals surface area contributed by atoms with Crippen molar-refractivity contribution in [2.45, 2.75) is 31.8 Å². The molecule has 3 heterocycles. The highest BCUT2D eigenvalue weighted by Gasteiger charge is 2.21. The van der Waals surface area contributed by atoms with Gasteiger partial charge in [-0.1, -0.05) is 0 Å². The highest BCUT2D eigenvalue weighted by molar-refractivity contribution is 5.82. The van der Waals surface area contributed by atoms with Gasteiger partial charge in [0.05, 0.1) is 6.33 Å². The lowest BCUT2D eigenvalue weighted by Crippen LogP contribution is -2.46. The fourth-order valence-electron chi connectivity index (χ4n) is 2.29. The number of H-pyrrole nitrogens is 1. The molecule has 6 nitrogen and oxygen atoms in total. The lowest BCUT2D eigenvalue weighted by molar-refractivity contribution is 0.389. The molecular weight excluding hydrogens is 216 g/mol. The minimum atomic E-state index is 0.408. The lowest BCUT2D eigenvalue weighted by atomic mass is 10.00. The van der Waals surface area contributed by atoms with E-state index in [0.717, 1.165) is 24.3 Å². The minimum absolute atomic E-state index is 0.408. The smallest absolute Gasteiger partial charge is 0.182 e. The summed E-state index contributed by atoms with van der Waals surface area (Å²) in [6.07, 6.45) is 5.55. The number of nitrogens with one attached hydrogen (secondary N) is 3. The third kappa shape index (κ3) is 1.95. The molecule has 0 aromatic carbocycles. The highest BCUT2D eigenvalue weighted by Crippen LogP contribution is 2.19. The van der Waals surface area contributed by atoms with Gasteiger partial charge in [0.1, 0.15) is 11.8 Å². The Balaban J connectivity index is 1.86. The molecule has 0 saturated carbocycles. The molecule has 2 unspecified atom stereocenters. The molecule has 2 atom stereocenters. The van der Waals surface area contributed by atoms with Crippen LogP contribution in [0.5, 0.6) is 0 Å². The van der Waals surface area contributed by atoms with Gasteiger partial charge in [-0.25, -0.2) is 15.0 Å². The van der Waals surface area contributed by atoms with E-state index in [0.29, 0.717) is 17.7 Å². The monoisotopic (exact) mass is 232 g/mol. The number of rotatable bonds is 2. The number of nitrogens with zero attached hydrogens (tertiary/aromatic N) is 3. The normalized spacial score (nSPS) is 25.0. The van der Waals surface area contributed by atoms with Crippen molar-refractivity contribution in [1.29, 1.82) is 0 Å². The molecule has 0 radical (unpaired) electrons. The average Bonchev–Trinajstić information content (AvgIpc) is 2.81. The van der Waals surface area contributed by atoms with E-state index in [4.69, 9.17) is 0 Å². The van der Waals surface area contributed by atoms with Gasteiger partial charge in [-0.05, 0) is 26.3 Å².